The maximum atomic E-state index is 15.5. The van der Waals surface area contributed by atoms with Crippen LogP contribution in [0.25, 0.3) is 27.6 Å². The first-order valence-electron chi connectivity index (χ1n) is 9.78. The minimum absolute atomic E-state index is 0.265. The Hall–Kier alpha value is -3.44. The van der Waals surface area contributed by atoms with Gasteiger partial charge >= 0.3 is 0 Å². The highest BCUT2D eigenvalue weighted by molar-refractivity contribution is 5.90. The molecule has 0 amide bonds. The van der Waals surface area contributed by atoms with Crippen molar-refractivity contribution in [1.29, 1.82) is 0 Å². The summed E-state index contributed by atoms with van der Waals surface area (Å²) in [5.41, 5.74) is 4.63. The summed E-state index contributed by atoms with van der Waals surface area (Å²) in [5.74, 6) is -0.549. The smallest absolute Gasteiger partial charge is 0.132 e. The zero-order chi connectivity index (χ0) is 20.7. The van der Waals surface area contributed by atoms with Crippen LogP contribution >= 0.6 is 0 Å². The second-order valence-corrected chi connectivity index (χ2v) is 7.62. The number of hydrogen-bond donors (Lipinski definition) is 0. The van der Waals surface area contributed by atoms with Crippen LogP contribution in [0.4, 0.5) is 8.78 Å². The van der Waals surface area contributed by atoms with E-state index in [1.165, 1.54) is 18.2 Å². The van der Waals surface area contributed by atoms with E-state index in [-0.39, 0.29) is 11.6 Å². The van der Waals surface area contributed by atoms with Crippen LogP contribution in [0.1, 0.15) is 16.7 Å². The van der Waals surface area contributed by atoms with Crippen molar-refractivity contribution in [3.63, 3.8) is 0 Å². The third kappa shape index (κ3) is 3.37. The number of aromatic nitrogens is 2. The molecule has 0 aliphatic carbocycles. The SMILES string of the molecule is CN1CC=C(c2ccc3cc(F)ccc3c2)c2c(F)cc(-c3cccnn3)cc2C1. The minimum atomic E-state index is -0.283. The van der Waals surface area contributed by atoms with E-state index in [1.807, 2.05) is 37.4 Å². The summed E-state index contributed by atoms with van der Waals surface area (Å²) >= 11 is 0. The van der Waals surface area contributed by atoms with Crippen LogP contribution < -0.4 is 0 Å². The molecule has 4 aromatic rings. The molecule has 3 nitrogen and oxygen atoms in total. The van der Waals surface area contributed by atoms with E-state index in [1.54, 1.807) is 18.3 Å². The zero-order valence-corrected chi connectivity index (χ0v) is 16.4. The van der Waals surface area contributed by atoms with Crippen molar-refractivity contribution in [3.05, 3.63) is 101 Å². The molecule has 0 saturated carbocycles. The Kier molecular flexibility index (Phi) is 4.60. The fourth-order valence-electron chi connectivity index (χ4n) is 4.04. The number of benzene rings is 3. The number of fused-ring (bicyclic) bond motifs is 2. The summed E-state index contributed by atoms with van der Waals surface area (Å²) < 4.78 is 29.0. The second kappa shape index (κ2) is 7.43. The lowest BCUT2D eigenvalue weighted by Crippen LogP contribution is -2.16. The van der Waals surface area contributed by atoms with Gasteiger partial charge in [-0.3, -0.25) is 4.90 Å². The van der Waals surface area contributed by atoms with Gasteiger partial charge in [-0.25, -0.2) is 8.78 Å². The van der Waals surface area contributed by atoms with Crippen molar-refractivity contribution in [2.45, 2.75) is 6.54 Å². The van der Waals surface area contributed by atoms with Gasteiger partial charge in [-0.1, -0.05) is 24.3 Å². The molecule has 2 heterocycles. The highest BCUT2D eigenvalue weighted by atomic mass is 19.1. The Labute approximate surface area is 173 Å². The predicted octanol–water partition coefficient (Wildman–Crippen LogP) is 5.45. The number of nitrogens with zero attached hydrogens (tertiary/aromatic N) is 3. The molecule has 1 aliphatic heterocycles. The average Bonchev–Trinajstić information content (AvgIpc) is 2.92. The van der Waals surface area contributed by atoms with Gasteiger partial charge in [0.1, 0.15) is 11.6 Å². The summed E-state index contributed by atoms with van der Waals surface area (Å²) in [4.78, 5) is 2.14. The van der Waals surface area contributed by atoms with E-state index >= 15 is 4.39 Å². The summed E-state index contributed by atoms with van der Waals surface area (Å²) in [6.45, 7) is 1.32. The first kappa shape index (κ1) is 18.6. The third-order valence-corrected chi connectivity index (χ3v) is 5.47. The van der Waals surface area contributed by atoms with Crippen molar-refractivity contribution < 1.29 is 8.78 Å². The summed E-state index contributed by atoms with van der Waals surface area (Å²) in [5, 5.41) is 9.78. The first-order valence-corrected chi connectivity index (χ1v) is 9.78. The fraction of sp³-hybridized carbons (Fsp3) is 0.120. The van der Waals surface area contributed by atoms with Crippen molar-refractivity contribution in [3.8, 4) is 11.3 Å². The normalized spacial score (nSPS) is 14.3. The van der Waals surface area contributed by atoms with Crippen LogP contribution in [0, 0.1) is 11.6 Å². The average molecular weight is 399 g/mol. The van der Waals surface area contributed by atoms with Crippen LogP contribution in [0.2, 0.25) is 0 Å². The molecule has 3 aromatic carbocycles. The van der Waals surface area contributed by atoms with Gasteiger partial charge in [0, 0.05) is 30.4 Å². The van der Waals surface area contributed by atoms with E-state index in [4.69, 9.17) is 0 Å². The molecule has 1 aromatic heterocycles. The lowest BCUT2D eigenvalue weighted by Gasteiger charge is -2.16. The molecule has 5 rings (SSSR count). The summed E-state index contributed by atoms with van der Waals surface area (Å²) in [7, 11) is 2.01. The Bertz CT molecular complexity index is 1280. The second-order valence-electron chi connectivity index (χ2n) is 7.62. The first-order chi connectivity index (χ1) is 14.6. The Morgan fingerprint density at radius 3 is 2.57 bits per heavy atom. The lowest BCUT2D eigenvalue weighted by atomic mass is 9.90. The largest absolute Gasteiger partial charge is 0.298 e. The van der Waals surface area contributed by atoms with Gasteiger partial charge in [0.05, 0.1) is 5.69 Å². The molecule has 1 aliphatic rings. The van der Waals surface area contributed by atoms with Crippen LogP contribution in [0.5, 0.6) is 0 Å². The number of hydrogen-bond acceptors (Lipinski definition) is 3. The molecular formula is C25H19F2N3. The predicted molar refractivity (Wildman–Crippen MR) is 115 cm³/mol. The van der Waals surface area contributed by atoms with Crippen LogP contribution in [0.3, 0.4) is 0 Å². The molecule has 0 spiro atoms. The quantitative estimate of drug-likeness (QED) is 0.449. The monoisotopic (exact) mass is 399 g/mol. The Morgan fingerprint density at radius 2 is 1.73 bits per heavy atom. The summed E-state index contributed by atoms with van der Waals surface area (Å²) in [6, 6.07) is 17.7. The maximum Gasteiger partial charge on any atom is 0.132 e. The third-order valence-electron chi connectivity index (χ3n) is 5.47. The number of rotatable bonds is 2. The van der Waals surface area contributed by atoms with Gasteiger partial charge in [0.25, 0.3) is 0 Å². The van der Waals surface area contributed by atoms with Gasteiger partial charge < -0.3 is 0 Å². The highest BCUT2D eigenvalue weighted by Gasteiger charge is 2.21. The molecule has 0 unspecified atom stereocenters. The molecule has 0 radical (unpaired) electrons. The molecular weight excluding hydrogens is 380 g/mol. The van der Waals surface area contributed by atoms with Gasteiger partial charge in [0.2, 0.25) is 0 Å². The number of halogens is 2. The zero-order valence-electron chi connectivity index (χ0n) is 16.4. The van der Waals surface area contributed by atoms with Crippen LogP contribution in [0.15, 0.2) is 72.9 Å². The topological polar surface area (TPSA) is 29.0 Å². The molecule has 0 saturated heterocycles. The summed E-state index contributed by atoms with van der Waals surface area (Å²) in [6.07, 6.45) is 3.66. The van der Waals surface area contributed by atoms with Crippen molar-refractivity contribution in [2.24, 2.45) is 0 Å². The van der Waals surface area contributed by atoms with E-state index < -0.39 is 0 Å². The molecule has 0 bridgehead atoms. The van der Waals surface area contributed by atoms with Crippen molar-refractivity contribution >= 4 is 16.3 Å². The molecule has 5 heteroatoms. The molecule has 0 atom stereocenters. The van der Waals surface area contributed by atoms with E-state index in [0.29, 0.717) is 29.9 Å². The standard InChI is InChI=1S/C25H19F2N3/c1-30-10-8-22(18-5-4-17-13-21(26)7-6-16(17)11-18)25-20(15-30)12-19(14-23(25)27)24-3-2-9-28-29-24/h2-9,11-14H,10,15H2,1H3. The lowest BCUT2D eigenvalue weighted by molar-refractivity contribution is 0.365. The molecule has 0 fully saturated rings. The van der Waals surface area contributed by atoms with E-state index in [9.17, 15) is 4.39 Å². The van der Waals surface area contributed by atoms with Gasteiger partial charge in [-0.15, -0.1) is 0 Å². The van der Waals surface area contributed by atoms with Gasteiger partial charge in [-0.2, -0.15) is 10.2 Å². The Morgan fingerprint density at radius 1 is 0.900 bits per heavy atom. The van der Waals surface area contributed by atoms with Crippen LogP contribution in [-0.4, -0.2) is 28.7 Å². The van der Waals surface area contributed by atoms with Gasteiger partial charge in [0.15, 0.2) is 0 Å². The molecule has 30 heavy (non-hydrogen) atoms. The van der Waals surface area contributed by atoms with Gasteiger partial charge in [-0.05, 0) is 77.0 Å². The highest BCUT2D eigenvalue weighted by Crippen LogP contribution is 2.35. The van der Waals surface area contributed by atoms with Crippen LogP contribution in [-0.2, 0) is 6.54 Å². The Balaban J connectivity index is 1.67. The molecule has 0 N–H and O–H groups in total. The van der Waals surface area contributed by atoms with E-state index in [0.717, 1.165) is 27.5 Å². The number of likely N-dealkylation sites (N-methyl/N-ethyl adjacent to an activating group) is 1. The minimum Gasteiger partial charge on any atom is -0.298 e. The maximum absolute atomic E-state index is 15.5. The molecule has 148 valence electrons. The van der Waals surface area contributed by atoms with Crippen molar-refractivity contribution in [1.82, 2.24) is 15.1 Å². The van der Waals surface area contributed by atoms with Crippen molar-refractivity contribution in [2.75, 3.05) is 13.6 Å². The van der Waals surface area contributed by atoms with E-state index in [2.05, 4.69) is 21.2 Å². The fourth-order valence-corrected chi connectivity index (χ4v) is 4.04.